The van der Waals surface area contributed by atoms with Crippen LogP contribution in [0.25, 0.3) is 11.1 Å². The summed E-state index contributed by atoms with van der Waals surface area (Å²) in [5, 5.41) is 2.79. The van der Waals surface area contributed by atoms with Crippen LogP contribution in [0.5, 0.6) is 0 Å². The van der Waals surface area contributed by atoms with Gasteiger partial charge >= 0.3 is 6.09 Å². The van der Waals surface area contributed by atoms with Crippen LogP contribution in [0.15, 0.2) is 48.5 Å². The number of carbonyl (C=O) groups excluding carboxylic acids is 1. The van der Waals surface area contributed by atoms with Gasteiger partial charge < -0.3 is 34.7 Å². The van der Waals surface area contributed by atoms with Gasteiger partial charge in [0.1, 0.15) is 6.61 Å². The predicted molar refractivity (Wildman–Crippen MR) is 130 cm³/mol. The molecule has 34 heavy (non-hydrogen) atoms. The van der Waals surface area contributed by atoms with Gasteiger partial charge in [0.25, 0.3) is 0 Å². The zero-order chi connectivity index (χ0) is 23.8. The maximum atomic E-state index is 12.1. The van der Waals surface area contributed by atoms with Gasteiger partial charge in [-0.2, -0.15) is 0 Å². The van der Waals surface area contributed by atoms with E-state index in [0.29, 0.717) is 79.0 Å². The second-order valence-electron chi connectivity index (χ2n) is 7.84. The van der Waals surface area contributed by atoms with Crippen LogP contribution < -0.4 is 11.1 Å². The summed E-state index contributed by atoms with van der Waals surface area (Å²) in [5.74, 6) is 0.0661. The van der Waals surface area contributed by atoms with Crippen molar-refractivity contribution in [1.82, 2.24) is 5.32 Å². The van der Waals surface area contributed by atoms with Gasteiger partial charge in [0.05, 0.1) is 46.2 Å². The van der Waals surface area contributed by atoms with Crippen LogP contribution >= 0.6 is 0 Å². The lowest BCUT2D eigenvalue weighted by Crippen LogP contribution is -2.27. The second-order valence-corrected chi connectivity index (χ2v) is 7.84. The highest BCUT2D eigenvalue weighted by Crippen LogP contribution is 2.44. The SMILES string of the molecule is NCCOCCOCCOCCOCCCNC(=O)OCC1c2ccccc2-c2ccccc21. The van der Waals surface area contributed by atoms with Crippen molar-refractivity contribution in [2.75, 3.05) is 72.6 Å². The van der Waals surface area contributed by atoms with Gasteiger partial charge in [-0.05, 0) is 28.7 Å². The molecule has 8 heteroatoms. The lowest BCUT2D eigenvalue weighted by atomic mass is 9.98. The molecule has 0 saturated heterocycles. The summed E-state index contributed by atoms with van der Waals surface area (Å²) in [6.07, 6.45) is 0.300. The highest BCUT2D eigenvalue weighted by Gasteiger charge is 2.28. The Kier molecular flexibility index (Phi) is 11.8. The molecule has 0 aromatic heterocycles. The molecule has 0 heterocycles. The molecule has 0 atom stereocenters. The number of benzene rings is 2. The third-order valence-electron chi connectivity index (χ3n) is 5.46. The monoisotopic (exact) mass is 472 g/mol. The molecule has 0 radical (unpaired) electrons. The minimum absolute atomic E-state index is 0.0661. The molecule has 0 bridgehead atoms. The summed E-state index contributed by atoms with van der Waals surface area (Å²) < 4.78 is 27.0. The lowest BCUT2D eigenvalue weighted by molar-refractivity contribution is -0.00117. The van der Waals surface area contributed by atoms with E-state index >= 15 is 0 Å². The van der Waals surface area contributed by atoms with E-state index in [1.54, 1.807) is 0 Å². The van der Waals surface area contributed by atoms with E-state index < -0.39 is 6.09 Å². The Labute approximate surface area is 201 Å². The fraction of sp³-hybridized carbons (Fsp3) is 0.500. The van der Waals surface area contributed by atoms with Gasteiger partial charge in [0, 0.05) is 25.6 Å². The van der Waals surface area contributed by atoms with Crippen molar-refractivity contribution in [3.63, 3.8) is 0 Å². The number of rotatable bonds is 17. The van der Waals surface area contributed by atoms with E-state index in [-0.39, 0.29) is 5.92 Å². The van der Waals surface area contributed by atoms with Crippen LogP contribution in [0, 0.1) is 0 Å². The number of ether oxygens (including phenoxy) is 5. The zero-order valence-electron chi connectivity index (χ0n) is 19.7. The Morgan fingerprint density at radius 1 is 0.735 bits per heavy atom. The molecule has 2 aromatic carbocycles. The van der Waals surface area contributed by atoms with Gasteiger partial charge in [-0.3, -0.25) is 0 Å². The average molecular weight is 473 g/mol. The van der Waals surface area contributed by atoms with Crippen LogP contribution in [0.4, 0.5) is 4.79 Å². The molecule has 0 saturated carbocycles. The summed E-state index contributed by atoms with van der Waals surface area (Å²) in [6.45, 7) is 5.57. The van der Waals surface area contributed by atoms with E-state index in [2.05, 4.69) is 29.6 Å². The van der Waals surface area contributed by atoms with Crippen LogP contribution in [0.2, 0.25) is 0 Å². The Morgan fingerprint density at radius 3 is 1.79 bits per heavy atom. The number of hydrogen-bond acceptors (Lipinski definition) is 7. The molecule has 1 amide bonds. The summed E-state index contributed by atoms with van der Waals surface area (Å²) >= 11 is 0. The molecule has 186 valence electrons. The van der Waals surface area contributed by atoms with Crippen LogP contribution in [-0.2, 0) is 23.7 Å². The molecule has 1 aliphatic carbocycles. The van der Waals surface area contributed by atoms with E-state index in [9.17, 15) is 4.79 Å². The molecule has 8 nitrogen and oxygen atoms in total. The molecule has 0 fully saturated rings. The molecule has 0 unspecified atom stereocenters. The van der Waals surface area contributed by atoms with Crippen molar-refractivity contribution in [2.24, 2.45) is 5.73 Å². The second kappa shape index (κ2) is 15.4. The number of fused-ring (bicyclic) bond motifs is 3. The van der Waals surface area contributed by atoms with Gasteiger partial charge in [0.15, 0.2) is 0 Å². The Bertz CT molecular complexity index is 817. The molecule has 0 aliphatic heterocycles. The summed E-state index contributed by atoms with van der Waals surface area (Å²) in [4.78, 5) is 12.1. The molecular formula is C26H36N2O6. The van der Waals surface area contributed by atoms with Crippen LogP contribution in [0.1, 0.15) is 23.5 Å². The first-order valence-corrected chi connectivity index (χ1v) is 11.9. The van der Waals surface area contributed by atoms with Gasteiger partial charge in [-0.25, -0.2) is 4.79 Å². The summed E-state index contributed by atoms with van der Waals surface area (Å²) in [5.41, 5.74) is 10.2. The number of hydrogen-bond donors (Lipinski definition) is 2. The van der Waals surface area contributed by atoms with Crippen molar-refractivity contribution >= 4 is 6.09 Å². The highest BCUT2D eigenvalue weighted by atomic mass is 16.6. The summed E-state index contributed by atoms with van der Waals surface area (Å²) in [6, 6.07) is 16.6. The van der Waals surface area contributed by atoms with Crippen molar-refractivity contribution < 1.29 is 28.5 Å². The molecule has 1 aliphatic rings. The van der Waals surface area contributed by atoms with Crippen LogP contribution in [-0.4, -0.2) is 78.6 Å². The van der Waals surface area contributed by atoms with Crippen molar-refractivity contribution in [3.05, 3.63) is 59.7 Å². The Balaban J connectivity index is 1.18. The third kappa shape index (κ3) is 8.38. The maximum Gasteiger partial charge on any atom is 0.407 e. The fourth-order valence-electron chi connectivity index (χ4n) is 3.86. The quantitative estimate of drug-likeness (QED) is 0.341. The lowest BCUT2D eigenvalue weighted by Gasteiger charge is -2.14. The fourth-order valence-corrected chi connectivity index (χ4v) is 3.86. The predicted octanol–water partition coefficient (Wildman–Crippen LogP) is 2.94. The first kappa shape index (κ1) is 26.1. The van der Waals surface area contributed by atoms with Gasteiger partial charge in [0.2, 0.25) is 0 Å². The normalized spacial score (nSPS) is 12.4. The van der Waals surface area contributed by atoms with Gasteiger partial charge in [-0.15, -0.1) is 0 Å². The summed E-state index contributed by atoms with van der Waals surface area (Å²) in [7, 11) is 0. The van der Waals surface area contributed by atoms with Gasteiger partial charge in [-0.1, -0.05) is 48.5 Å². The minimum atomic E-state index is -0.404. The highest BCUT2D eigenvalue weighted by molar-refractivity contribution is 5.79. The standard InChI is InChI=1S/C26H36N2O6/c27-10-13-31-15-17-33-19-18-32-16-14-30-12-5-11-28-26(29)34-20-25-23-8-3-1-6-21(23)22-7-2-4-9-24(22)25/h1-4,6-9,25H,5,10-20,27H2,(H,28,29). The molecule has 2 aromatic rings. The number of carbonyl (C=O) groups is 1. The average Bonchev–Trinajstić information content (AvgIpc) is 3.19. The maximum absolute atomic E-state index is 12.1. The molecule has 0 spiro atoms. The number of nitrogens with two attached hydrogens (primary N) is 1. The van der Waals surface area contributed by atoms with Crippen molar-refractivity contribution in [2.45, 2.75) is 12.3 Å². The Morgan fingerprint density at radius 2 is 1.24 bits per heavy atom. The first-order chi connectivity index (χ1) is 16.8. The minimum Gasteiger partial charge on any atom is -0.449 e. The van der Waals surface area contributed by atoms with E-state index in [1.165, 1.54) is 22.3 Å². The molecule has 3 N–H and O–H groups in total. The van der Waals surface area contributed by atoms with E-state index in [4.69, 9.17) is 29.4 Å². The van der Waals surface area contributed by atoms with E-state index in [1.807, 2.05) is 24.3 Å². The smallest absolute Gasteiger partial charge is 0.407 e. The van der Waals surface area contributed by atoms with E-state index in [0.717, 1.165) is 0 Å². The molecule has 3 rings (SSSR count). The number of amides is 1. The van der Waals surface area contributed by atoms with Crippen molar-refractivity contribution in [1.29, 1.82) is 0 Å². The van der Waals surface area contributed by atoms with Crippen LogP contribution in [0.3, 0.4) is 0 Å². The topological polar surface area (TPSA) is 101 Å². The molecular weight excluding hydrogens is 436 g/mol. The van der Waals surface area contributed by atoms with Crippen molar-refractivity contribution in [3.8, 4) is 11.1 Å². The Hall–Kier alpha value is -2.49. The first-order valence-electron chi connectivity index (χ1n) is 11.9. The number of nitrogens with one attached hydrogen (secondary N) is 1. The third-order valence-corrected chi connectivity index (χ3v) is 5.46. The largest absolute Gasteiger partial charge is 0.449 e. The zero-order valence-corrected chi connectivity index (χ0v) is 19.7. The number of alkyl carbamates (subject to hydrolysis) is 1.